The van der Waals surface area contributed by atoms with Crippen LogP contribution in [-0.4, -0.2) is 42.9 Å². The van der Waals surface area contributed by atoms with E-state index in [0.717, 1.165) is 31.6 Å². The van der Waals surface area contributed by atoms with E-state index in [1.807, 2.05) is 35.2 Å². The van der Waals surface area contributed by atoms with Crippen molar-refractivity contribution in [1.82, 2.24) is 10.2 Å². The van der Waals surface area contributed by atoms with Gasteiger partial charge in [-0.15, -0.1) is 12.4 Å². The first-order valence-electron chi connectivity index (χ1n) is 7.59. The highest BCUT2D eigenvalue weighted by atomic mass is 35.5. The average molecular weight is 326 g/mol. The summed E-state index contributed by atoms with van der Waals surface area (Å²) in [5.41, 5.74) is 0.914. The van der Waals surface area contributed by atoms with Gasteiger partial charge in [0, 0.05) is 31.7 Å². The normalized spacial score (nSPS) is 13.9. The SMILES string of the molecule is Cl.O=C(CNc1ccccc1)NCCC(=O)N1CCCCC1. The number of benzene rings is 1. The molecule has 0 saturated carbocycles. The van der Waals surface area contributed by atoms with Crippen LogP contribution in [0.3, 0.4) is 0 Å². The van der Waals surface area contributed by atoms with Crippen LogP contribution >= 0.6 is 12.4 Å². The minimum atomic E-state index is -0.0923. The minimum Gasteiger partial charge on any atom is -0.376 e. The number of nitrogens with one attached hydrogen (secondary N) is 2. The van der Waals surface area contributed by atoms with Crippen molar-refractivity contribution >= 4 is 29.9 Å². The van der Waals surface area contributed by atoms with E-state index in [2.05, 4.69) is 10.6 Å². The molecule has 0 radical (unpaired) electrons. The molecular weight excluding hydrogens is 302 g/mol. The zero-order valence-corrected chi connectivity index (χ0v) is 13.5. The van der Waals surface area contributed by atoms with Crippen LogP contribution in [0.2, 0.25) is 0 Å². The predicted molar refractivity (Wildman–Crippen MR) is 90.2 cm³/mol. The number of piperidine rings is 1. The number of carbonyl (C=O) groups excluding carboxylic acids is 2. The molecule has 1 aromatic rings. The van der Waals surface area contributed by atoms with Crippen LogP contribution in [0.1, 0.15) is 25.7 Å². The average Bonchev–Trinajstić information content (AvgIpc) is 2.54. The number of amides is 2. The van der Waals surface area contributed by atoms with Crippen molar-refractivity contribution in [2.24, 2.45) is 0 Å². The molecule has 1 saturated heterocycles. The van der Waals surface area contributed by atoms with E-state index in [1.54, 1.807) is 0 Å². The molecule has 2 N–H and O–H groups in total. The zero-order chi connectivity index (χ0) is 14.9. The van der Waals surface area contributed by atoms with E-state index >= 15 is 0 Å². The summed E-state index contributed by atoms with van der Waals surface area (Å²) < 4.78 is 0. The predicted octanol–water partition coefficient (Wildman–Crippen LogP) is 2.04. The topological polar surface area (TPSA) is 61.4 Å². The Morgan fingerprint density at radius 1 is 1.05 bits per heavy atom. The molecule has 6 heteroatoms. The molecule has 2 rings (SSSR count). The monoisotopic (exact) mass is 325 g/mol. The van der Waals surface area contributed by atoms with Crippen molar-refractivity contribution < 1.29 is 9.59 Å². The lowest BCUT2D eigenvalue weighted by atomic mass is 10.1. The molecule has 0 aromatic heterocycles. The van der Waals surface area contributed by atoms with Crippen molar-refractivity contribution in [2.45, 2.75) is 25.7 Å². The molecule has 5 nitrogen and oxygen atoms in total. The quantitative estimate of drug-likeness (QED) is 0.841. The molecule has 1 aromatic carbocycles. The van der Waals surface area contributed by atoms with E-state index in [1.165, 1.54) is 6.42 Å². The molecule has 0 spiro atoms. The van der Waals surface area contributed by atoms with Gasteiger partial charge in [0.05, 0.1) is 6.54 Å². The molecule has 1 aliphatic rings. The minimum absolute atomic E-state index is 0. The van der Waals surface area contributed by atoms with Crippen molar-refractivity contribution in [1.29, 1.82) is 0 Å². The van der Waals surface area contributed by atoms with Crippen LogP contribution in [0.15, 0.2) is 30.3 Å². The molecule has 1 heterocycles. The summed E-state index contributed by atoms with van der Waals surface area (Å²) in [5, 5.41) is 5.81. The van der Waals surface area contributed by atoms with Gasteiger partial charge in [-0.25, -0.2) is 0 Å². The molecule has 122 valence electrons. The standard InChI is InChI=1S/C16H23N3O2.ClH/c20-15(13-18-14-7-3-1-4-8-14)17-10-9-16(21)19-11-5-2-6-12-19;/h1,3-4,7-8,18H,2,5-6,9-13H2,(H,17,20);1H. The highest BCUT2D eigenvalue weighted by molar-refractivity contribution is 5.85. The number of para-hydroxylation sites is 1. The Morgan fingerprint density at radius 2 is 1.73 bits per heavy atom. The summed E-state index contributed by atoms with van der Waals surface area (Å²) >= 11 is 0. The first-order chi connectivity index (χ1) is 10.3. The van der Waals surface area contributed by atoms with Crippen molar-refractivity contribution in [3.63, 3.8) is 0 Å². The lowest BCUT2D eigenvalue weighted by Gasteiger charge is -2.26. The molecule has 0 aliphatic carbocycles. The number of hydrogen-bond acceptors (Lipinski definition) is 3. The molecule has 1 aliphatic heterocycles. The van der Waals surface area contributed by atoms with E-state index in [4.69, 9.17) is 0 Å². The number of nitrogens with zero attached hydrogens (tertiary/aromatic N) is 1. The summed E-state index contributed by atoms with van der Waals surface area (Å²) in [4.78, 5) is 25.5. The number of rotatable bonds is 6. The maximum Gasteiger partial charge on any atom is 0.239 e. The van der Waals surface area contributed by atoms with Crippen molar-refractivity contribution in [3.8, 4) is 0 Å². The number of anilines is 1. The highest BCUT2D eigenvalue weighted by Crippen LogP contribution is 2.09. The first-order valence-corrected chi connectivity index (χ1v) is 7.59. The molecule has 2 amide bonds. The summed E-state index contributed by atoms with van der Waals surface area (Å²) in [6, 6.07) is 9.58. The van der Waals surface area contributed by atoms with Gasteiger partial charge in [-0.1, -0.05) is 18.2 Å². The smallest absolute Gasteiger partial charge is 0.239 e. The molecule has 1 fully saturated rings. The largest absolute Gasteiger partial charge is 0.376 e. The van der Waals surface area contributed by atoms with Gasteiger partial charge >= 0.3 is 0 Å². The Bertz CT molecular complexity index is 462. The Labute approximate surface area is 137 Å². The Balaban J connectivity index is 0.00000242. The maximum absolute atomic E-state index is 11.9. The van der Waals surface area contributed by atoms with Gasteiger partial charge in [-0.05, 0) is 31.4 Å². The van der Waals surface area contributed by atoms with Crippen LogP contribution in [0.4, 0.5) is 5.69 Å². The van der Waals surface area contributed by atoms with Gasteiger partial charge in [-0.2, -0.15) is 0 Å². The second-order valence-electron chi connectivity index (χ2n) is 5.26. The van der Waals surface area contributed by atoms with Gasteiger partial charge in [0.1, 0.15) is 0 Å². The van der Waals surface area contributed by atoms with Crippen LogP contribution in [0.5, 0.6) is 0 Å². The molecule has 22 heavy (non-hydrogen) atoms. The lowest BCUT2D eigenvalue weighted by Crippen LogP contribution is -2.38. The van der Waals surface area contributed by atoms with Gasteiger partial charge in [0.2, 0.25) is 11.8 Å². The van der Waals surface area contributed by atoms with E-state index in [-0.39, 0.29) is 30.8 Å². The summed E-state index contributed by atoms with van der Waals surface area (Å²) in [6.45, 7) is 2.36. The van der Waals surface area contributed by atoms with Crippen LogP contribution in [-0.2, 0) is 9.59 Å². The Hall–Kier alpha value is -1.75. The van der Waals surface area contributed by atoms with Gasteiger partial charge < -0.3 is 15.5 Å². The summed E-state index contributed by atoms with van der Waals surface area (Å²) in [5.74, 6) is 0.0521. The fraction of sp³-hybridized carbons (Fsp3) is 0.500. The third-order valence-electron chi connectivity index (χ3n) is 3.60. The fourth-order valence-corrected chi connectivity index (χ4v) is 2.41. The van der Waals surface area contributed by atoms with Gasteiger partial charge in [0.25, 0.3) is 0 Å². The molecule has 0 unspecified atom stereocenters. The van der Waals surface area contributed by atoms with E-state index < -0.39 is 0 Å². The number of likely N-dealkylation sites (tertiary alicyclic amines) is 1. The lowest BCUT2D eigenvalue weighted by molar-refractivity contribution is -0.132. The van der Waals surface area contributed by atoms with Crippen LogP contribution < -0.4 is 10.6 Å². The van der Waals surface area contributed by atoms with Gasteiger partial charge in [0.15, 0.2) is 0 Å². The van der Waals surface area contributed by atoms with Crippen LogP contribution in [0.25, 0.3) is 0 Å². The Morgan fingerprint density at radius 3 is 2.41 bits per heavy atom. The number of halogens is 1. The van der Waals surface area contributed by atoms with Gasteiger partial charge in [-0.3, -0.25) is 9.59 Å². The molecule has 0 atom stereocenters. The second kappa shape index (κ2) is 10.1. The first kappa shape index (κ1) is 18.3. The third-order valence-corrected chi connectivity index (χ3v) is 3.60. The molecule has 0 bridgehead atoms. The second-order valence-corrected chi connectivity index (χ2v) is 5.26. The fourth-order valence-electron chi connectivity index (χ4n) is 2.41. The summed E-state index contributed by atoms with van der Waals surface area (Å²) in [7, 11) is 0. The van der Waals surface area contributed by atoms with Crippen molar-refractivity contribution in [3.05, 3.63) is 30.3 Å². The molecular formula is C16H24ClN3O2. The Kier molecular flexibility index (Phi) is 8.36. The highest BCUT2D eigenvalue weighted by Gasteiger charge is 2.15. The van der Waals surface area contributed by atoms with Crippen LogP contribution in [0, 0.1) is 0 Å². The van der Waals surface area contributed by atoms with E-state index in [0.29, 0.717) is 13.0 Å². The van der Waals surface area contributed by atoms with Crippen molar-refractivity contribution in [2.75, 3.05) is 31.5 Å². The number of carbonyl (C=O) groups is 2. The zero-order valence-electron chi connectivity index (χ0n) is 12.7. The number of hydrogen-bond donors (Lipinski definition) is 2. The summed E-state index contributed by atoms with van der Waals surface area (Å²) in [6.07, 6.45) is 3.79. The maximum atomic E-state index is 11.9. The van der Waals surface area contributed by atoms with E-state index in [9.17, 15) is 9.59 Å². The third kappa shape index (κ3) is 6.35.